The molecule has 0 aliphatic heterocycles. The number of aliphatic hydroxyl groups is 2. The summed E-state index contributed by atoms with van der Waals surface area (Å²) in [5.41, 5.74) is 1.73. The molecular weight excluding hydrogens is 250 g/mol. The molecule has 0 bridgehead atoms. The molecule has 1 aromatic carbocycles. The van der Waals surface area contributed by atoms with Gasteiger partial charge < -0.3 is 10.2 Å². The molecule has 1 aliphatic rings. The van der Waals surface area contributed by atoms with Gasteiger partial charge in [-0.1, -0.05) is 31.4 Å². The fourth-order valence-electron chi connectivity index (χ4n) is 3.16. The molecule has 2 aromatic rings. The normalized spacial score (nSPS) is 19.9. The van der Waals surface area contributed by atoms with Gasteiger partial charge in [0.25, 0.3) is 0 Å². The first-order valence-electron chi connectivity index (χ1n) is 7.36. The van der Waals surface area contributed by atoms with Crippen molar-refractivity contribution >= 4 is 10.9 Å². The number of hydrogen-bond acceptors (Lipinski definition) is 3. The summed E-state index contributed by atoms with van der Waals surface area (Å²) in [6.07, 6.45) is 3.67. The molecule has 0 saturated heterocycles. The summed E-state index contributed by atoms with van der Waals surface area (Å²) in [5, 5.41) is 22.2. The number of nitrogens with zero attached hydrogens (tertiary/aromatic N) is 1. The average molecular weight is 271 g/mol. The Hall–Kier alpha value is -1.45. The van der Waals surface area contributed by atoms with Gasteiger partial charge >= 0.3 is 0 Å². The maximum atomic E-state index is 10.6. The van der Waals surface area contributed by atoms with Crippen LogP contribution >= 0.6 is 0 Å². The van der Waals surface area contributed by atoms with E-state index in [1.807, 2.05) is 37.3 Å². The van der Waals surface area contributed by atoms with Crippen LogP contribution in [0.4, 0.5) is 0 Å². The maximum Gasteiger partial charge on any atom is 0.108 e. The number of pyridine rings is 1. The van der Waals surface area contributed by atoms with Crippen molar-refractivity contribution in [1.29, 1.82) is 0 Å². The number of hydrogen-bond donors (Lipinski definition) is 2. The highest BCUT2D eigenvalue weighted by Gasteiger charge is 2.37. The standard InChI is InChI=1S/C17H21NO2/c1-12-5-6-13-11-14(7-8-15(13)18-12)16(19)17(20)9-3-2-4-10-17/h5-8,11,16,19-20H,2-4,9-10H2,1H3. The third kappa shape index (κ3) is 2.43. The van der Waals surface area contributed by atoms with Crippen molar-refractivity contribution in [2.24, 2.45) is 0 Å². The van der Waals surface area contributed by atoms with Gasteiger partial charge in [0.15, 0.2) is 0 Å². The van der Waals surface area contributed by atoms with Crippen LogP contribution < -0.4 is 0 Å². The zero-order chi connectivity index (χ0) is 14.2. The summed E-state index contributed by atoms with van der Waals surface area (Å²) in [4.78, 5) is 4.46. The number of aromatic nitrogens is 1. The molecule has 3 nitrogen and oxygen atoms in total. The van der Waals surface area contributed by atoms with E-state index in [1.165, 1.54) is 0 Å². The van der Waals surface area contributed by atoms with Gasteiger partial charge in [-0.05, 0) is 43.5 Å². The number of fused-ring (bicyclic) bond motifs is 1. The van der Waals surface area contributed by atoms with Crippen LogP contribution in [0.2, 0.25) is 0 Å². The second-order valence-corrected chi connectivity index (χ2v) is 5.97. The lowest BCUT2D eigenvalue weighted by Gasteiger charge is -2.36. The second-order valence-electron chi connectivity index (χ2n) is 5.97. The molecule has 106 valence electrons. The van der Waals surface area contributed by atoms with Crippen LogP contribution in [0, 0.1) is 6.92 Å². The largest absolute Gasteiger partial charge is 0.387 e. The quantitative estimate of drug-likeness (QED) is 0.881. The summed E-state index contributed by atoms with van der Waals surface area (Å²) in [6, 6.07) is 9.73. The van der Waals surface area contributed by atoms with Crippen LogP contribution in [0.25, 0.3) is 10.9 Å². The number of aryl methyl sites for hydroxylation is 1. The molecule has 2 N–H and O–H groups in total. The van der Waals surface area contributed by atoms with Gasteiger partial charge in [-0.3, -0.25) is 4.98 Å². The lowest BCUT2D eigenvalue weighted by molar-refractivity contribution is -0.0991. The average Bonchev–Trinajstić information content (AvgIpc) is 2.46. The van der Waals surface area contributed by atoms with Crippen molar-refractivity contribution in [1.82, 2.24) is 4.98 Å². The lowest BCUT2D eigenvalue weighted by atomic mass is 9.78. The van der Waals surface area contributed by atoms with E-state index in [0.717, 1.165) is 41.4 Å². The zero-order valence-electron chi connectivity index (χ0n) is 11.8. The van der Waals surface area contributed by atoms with E-state index in [9.17, 15) is 10.2 Å². The molecule has 3 rings (SSSR count). The van der Waals surface area contributed by atoms with E-state index in [2.05, 4.69) is 4.98 Å². The van der Waals surface area contributed by atoms with E-state index >= 15 is 0 Å². The number of benzene rings is 1. The van der Waals surface area contributed by atoms with E-state index in [1.54, 1.807) is 0 Å². The summed E-state index contributed by atoms with van der Waals surface area (Å²) in [7, 11) is 0. The first kappa shape index (κ1) is 13.5. The molecule has 1 heterocycles. The van der Waals surface area contributed by atoms with Gasteiger partial charge in [0.05, 0.1) is 11.1 Å². The van der Waals surface area contributed by atoms with Crippen molar-refractivity contribution < 1.29 is 10.2 Å². The molecule has 1 aromatic heterocycles. The molecule has 1 aliphatic carbocycles. The molecule has 1 unspecified atom stereocenters. The molecule has 20 heavy (non-hydrogen) atoms. The van der Waals surface area contributed by atoms with Crippen LogP contribution in [-0.2, 0) is 0 Å². The lowest BCUT2D eigenvalue weighted by Crippen LogP contribution is -2.38. The van der Waals surface area contributed by atoms with Crippen LogP contribution in [0.1, 0.15) is 49.5 Å². The van der Waals surface area contributed by atoms with Crippen molar-refractivity contribution in [3.8, 4) is 0 Å². The fraction of sp³-hybridized carbons (Fsp3) is 0.471. The Balaban J connectivity index is 1.95. The first-order valence-corrected chi connectivity index (χ1v) is 7.36. The molecule has 1 atom stereocenters. The highest BCUT2D eigenvalue weighted by molar-refractivity contribution is 5.79. The predicted octanol–water partition coefficient (Wildman–Crippen LogP) is 3.27. The molecule has 0 amide bonds. The first-order chi connectivity index (χ1) is 9.58. The number of rotatable bonds is 2. The minimum atomic E-state index is -0.968. The van der Waals surface area contributed by atoms with Crippen molar-refractivity contribution in [3.63, 3.8) is 0 Å². The highest BCUT2D eigenvalue weighted by Crippen LogP contribution is 2.38. The Morgan fingerprint density at radius 1 is 1.10 bits per heavy atom. The van der Waals surface area contributed by atoms with Gasteiger partial charge in [-0.2, -0.15) is 0 Å². The van der Waals surface area contributed by atoms with Crippen molar-refractivity contribution in [2.75, 3.05) is 0 Å². The van der Waals surface area contributed by atoms with Crippen LogP contribution in [0.15, 0.2) is 30.3 Å². The third-order valence-electron chi connectivity index (χ3n) is 4.40. The minimum absolute atomic E-state index is 0.679. The summed E-state index contributed by atoms with van der Waals surface area (Å²) >= 11 is 0. The van der Waals surface area contributed by atoms with Gasteiger partial charge in [0.1, 0.15) is 6.10 Å². The smallest absolute Gasteiger partial charge is 0.108 e. The van der Waals surface area contributed by atoms with Gasteiger partial charge in [0.2, 0.25) is 0 Å². The summed E-state index contributed by atoms with van der Waals surface area (Å²) in [6.45, 7) is 1.97. The maximum absolute atomic E-state index is 10.6. The minimum Gasteiger partial charge on any atom is -0.387 e. The third-order valence-corrected chi connectivity index (χ3v) is 4.40. The Labute approximate surface area is 119 Å². The van der Waals surface area contributed by atoms with Crippen LogP contribution in [0.5, 0.6) is 0 Å². The Morgan fingerprint density at radius 3 is 2.60 bits per heavy atom. The highest BCUT2D eigenvalue weighted by atomic mass is 16.3. The van der Waals surface area contributed by atoms with E-state index < -0.39 is 11.7 Å². The Kier molecular flexibility index (Phi) is 3.48. The van der Waals surface area contributed by atoms with Gasteiger partial charge in [-0.25, -0.2) is 0 Å². The van der Waals surface area contributed by atoms with Gasteiger partial charge in [-0.15, -0.1) is 0 Å². The zero-order valence-corrected chi connectivity index (χ0v) is 11.8. The van der Waals surface area contributed by atoms with E-state index in [4.69, 9.17) is 0 Å². The Bertz CT molecular complexity index is 617. The summed E-state index contributed by atoms with van der Waals surface area (Å²) < 4.78 is 0. The predicted molar refractivity (Wildman–Crippen MR) is 79.5 cm³/mol. The number of aliphatic hydroxyl groups excluding tert-OH is 1. The topological polar surface area (TPSA) is 53.4 Å². The molecule has 1 saturated carbocycles. The Morgan fingerprint density at radius 2 is 1.85 bits per heavy atom. The SMILES string of the molecule is Cc1ccc2cc(C(O)C3(O)CCCCC3)ccc2n1. The van der Waals surface area contributed by atoms with Gasteiger partial charge in [0, 0.05) is 11.1 Å². The van der Waals surface area contributed by atoms with Crippen LogP contribution in [-0.4, -0.2) is 20.8 Å². The van der Waals surface area contributed by atoms with Crippen molar-refractivity contribution in [3.05, 3.63) is 41.6 Å². The van der Waals surface area contributed by atoms with E-state index in [0.29, 0.717) is 12.8 Å². The summed E-state index contributed by atoms with van der Waals surface area (Å²) in [5.74, 6) is 0. The molecule has 0 spiro atoms. The molecule has 1 fully saturated rings. The second kappa shape index (κ2) is 5.15. The van der Waals surface area contributed by atoms with Crippen molar-refractivity contribution in [2.45, 2.75) is 50.7 Å². The molecule has 3 heteroatoms. The molecular formula is C17H21NO2. The van der Waals surface area contributed by atoms with Crippen LogP contribution in [0.3, 0.4) is 0 Å². The van der Waals surface area contributed by atoms with E-state index in [-0.39, 0.29) is 0 Å². The molecule has 0 radical (unpaired) electrons. The fourth-order valence-corrected chi connectivity index (χ4v) is 3.16. The monoisotopic (exact) mass is 271 g/mol.